The minimum atomic E-state index is -1.23. The summed E-state index contributed by atoms with van der Waals surface area (Å²) in [5.41, 5.74) is 11.7. The molecule has 0 saturated carbocycles. The SMILES string of the molecule is C[Si](C)(C)c1ccc(-c2[c-]cccc2)nc1.Cc1c[c-]c(-c2nc3ccccc3n2-c2ccc3c(c2)oc2ccccc23)c2oc3nc(-c4ccccc4)ccc3c12.[Ir]. The topological polar surface area (TPSA) is 69.9 Å². The van der Waals surface area contributed by atoms with Gasteiger partial charge in [0.25, 0.3) is 0 Å². The molecule has 0 atom stereocenters. The average molecular weight is 959 g/mol. The summed E-state index contributed by atoms with van der Waals surface area (Å²) in [5, 5.41) is 5.59. The minimum absolute atomic E-state index is 0. The molecule has 0 fully saturated rings. The third-order valence-corrected chi connectivity index (χ3v) is 12.7. The van der Waals surface area contributed by atoms with Gasteiger partial charge in [0.1, 0.15) is 11.2 Å². The van der Waals surface area contributed by atoms with Gasteiger partial charge in [0, 0.05) is 59.8 Å². The molecule has 11 aromatic rings. The monoisotopic (exact) mass is 959 g/mol. The van der Waals surface area contributed by atoms with Crippen molar-refractivity contribution in [2.24, 2.45) is 0 Å². The van der Waals surface area contributed by atoms with E-state index in [4.69, 9.17) is 18.8 Å². The van der Waals surface area contributed by atoms with Gasteiger partial charge in [0.05, 0.1) is 36.2 Å². The van der Waals surface area contributed by atoms with Crippen LogP contribution in [0.1, 0.15) is 5.56 Å². The molecule has 59 heavy (non-hydrogen) atoms. The van der Waals surface area contributed by atoms with Gasteiger partial charge in [-0.3, -0.25) is 4.98 Å². The van der Waals surface area contributed by atoms with Crippen LogP contribution in [-0.2, 0) is 20.1 Å². The summed E-state index contributed by atoms with van der Waals surface area (Å²) in [6, 6.07) is 57.9. The molecule has 5 aromatic heterocycles. The molecule has 0 bridgehead atoms. The number of hydrogen-bond donors (Lipinski definition) is 0. The second-order valence-electron chi connectivity index (χ2n) is 15.6. The number of benzene rings is 6. The fourth-order valence-electron chi connectivity index (χ4n) is 7.66. The van der Waals surface area contributed by atoms with Gasteiger partial charge in [-0.25, -0.2) is 4.98 Å². The molecular formula is C51H38IrN4O2Si-2. The molecule has 5 heterocycles. The second-order valence-corrected chi connectivity index (χ2v) is 20.6. The van der Waals surface area contributed by atoms with Crippen LogP contribution in [0.5, 0.6) is 0 Å². The van der Waals surface area contributed by atoms with Gasteiger partial charge in [-0.2, -0.15) is 0 Å². The third kappa shape index (κ3) is 6.99. The molecule has 0 aliphatic carbocycles. The summed E-state index contributed by atoms with van der Waals surface area (Å²) in [6.07, 6.45) is 2.02. The van der Waals surface area contributed by atoms with Gasteiger partial charge in [-0.1, -0.05) is 110 Å². The van der Waals surface area contributed by atoms with Crippen molar-refractivity contribution in [2.45, 2.75) is 26.6 Å². The molecule has 0 amide bonds. The van der Waals surface area contributed by atoms with Crippen molar-refractivity contribution < 1.29 is 28.9 Å². The molecule has 0 saturated heterocycles. The zero-order valence-corrected chi connectivity index (χ0v) is 36.3. The van der Waals surface area contributed by atoms with Gasteiger partial charge < -0.3 is 18.4 Å². The van der Waals surface area contributed by atoms with Crippen molar-refractivity contribution in [2.75, 3.05) is 0 Å². The second kappa shape index (κ2) is 15.4. The number of furan rings is 2. The molecular weight excluding hydrogens is 921 g/mol. The average Bonchev–Trinajstić information content (AvgIpc) is 3.96. The maximum Gasteiger partial charge on any atom is 0.216 e. The Morgan fingerprint density at radius 1 is 0.644 bits per heavy atom. The van der Waals surface area contributed by atoms with Crippen LogP contribution in [-0.4, -0.2) is 27.6 Å². The van der Waals surface area contributed by atoms with Crippen LogP contribution >= 0.6 is 0 Å². The smallest absolute Gasteiger partial charge is 0.216 e. The van der Waals surface area contributed by atoms with Crippen molar-refractivity contribution in [3.63, 3.8) is 0 Å². The van der Waals surface area contributed by atoms with E-state index in [0.29, 0.717) is 5.71 Å². The number of para-hydroxylation sites is 3. The predicted octanol–water partition coefficient (Wildman–Crippen LogP) is 12.8. The van der Waals surface area contributed by atoms with Crippen LogP contribution in [0.15, 0.2) is 167 Å². The van der Waals surface area contributed by atoms with Gasteiger partial charge in [0.2, 0.25) is 5.71 Å². The van der Waals surface area contributed by atoms with Gasteiger partial charge in [-0.15, -0.1) is 53.6 Å². The number of aromatic nitrogens is 4. The number of pyridine rings is 2. The number of aryl methyl sites for hydroxylation is 1. The van der Waals surface area contributed by atoms with Crippen LogP contribution in [0.3, 0.4) is 0 Å². The Morgan fingerprint density at radius 2 is 1.39 bits per heavy atom. The Bertz CT molecular complexity index is 3270. The van der Waals surface area contributed by atoms with Crippen LogP contribution in [0.25, 0.3) is 94.6 Å². The van der Waals surface area contributed by atoms with E-state index < -0.39 is 8.07 Å². The Hall–Kier alpha value is -6.44. The number of imidazole rings is 1. The van der Waals surface area contributed by atoms with Gasteiger partial charge >= 0.3 is 0 Å². The number of hydrogen-bond acceptors (Lipinski definition) is 5. The normalized spacial score (nSPS) is 11.6. The quantitative estimate of drug-likeness (QED) is 0.127. The summed E-state index contributed by atoms with van der Waals surface area (Å²) in [4.78, 5) is 14.6. The van der Waals surface area contributed by atoms with E-state index in [1.807, 2.05) is 91.1 Å². The van der Waals surface area contributed by atoms with Crippen LogP contribution < -0.4 is 5.19 Å². The molecule has 6 aromatic carbocycles. The first-order chi connectivity index (χ1) is 28.3. The fourth-order valence-corrected chi connectivity index (χ4v) is 8.69. The number of rotatable bonds is 5. The van der Waals surface area contributed by atoms with E-state index in [9.17, 15) is 0 Å². The molecule has 289 valence electrons. The first-order valence-electron chi connectivity index (χ1n) is 19.4. The van der Waals surface area contributed by atoms with Crippen molar-refractivity contribution in [1.82, 2.24) is 19.5 Å². The summed E-state index contributed by atoms with van der Waals surface area (Å²) in [5.74, 6) is 0.749. The molecule has 8 heteroatoms. The zero-order chi connectivity index (χ0) is 39.4. The Kier molecular flexibility index (Phi) is 9.93. The van der Waals surface area contributed by atoms with E-state index in [-0.39, 0.29) is 20.1 Å². The molecule has 0 aliphatic heterocycles. The largest absolute Gasteiger partial charge is 0.486 e. The molecule has 0 spiro atoms. The summed E-state index contributed by atoms with van der Waals surface area (Å²) >= 11 is 0. The third-order valence-electron chi connectivity index (χ3n) is 10.7. The standard InChI is InChI=1S/C37H22N3O2.C14H16NSi.Ir/c1-22-15-17-28(35-34(22)27-19-20-29(39-37(27)42-35)23-9-3-2-4-10-23)36-38-30-12-6-7-13-31(30)40(36)24-16-18-26-25-11-5-8-14-32(25)41-33(26)21-24;1-16(2,3)13-9-10-14(15-11-13)12-7-5-4-6-8-12;/h2-16,18-21H,1H3;4-7,9-11H,1-3H3;/q2*-1;. The molecule has 1 radical (unpaired) electrons. The molecule has 0 N–H and O–H groups in total. The van der Waals surface area contributed by atoms with Crippen LogP contribution in [0, 0.1) is 19.1 Å². The molecule has 11 rings (SSSR count). The van der Waals surface area contributed by atoms with Crippen LogP contribution in [0.2, 0.25) is 19.6 Å². The predicted molar refractivity (Wildman–Crippen MR) is 239 cm³/mol. The van der Waals surface area contributed by atoms with E-state index >= 15 is 0 Å². The number of nitrogens with zero attached hydrogens (tertiary/aromatic N) is 4. The van der Waals surface area contributed by atoms with Crippen molar-refractivity contribution in [3.8, 4) is 39.6 Å². The number of fused-ring (bicyclic) bond motifs is 7. The van der Waals surface area contributed by atoms with E-state index in [1.54, 1.807) is 0 Å². The summed E-state index contributed by atoms with van der Waals surface area (Å²) in [7, 11) is -1.23. The zero-order valence-electron chi connectivity index (χ0n) is 32.9. The van der Waals surface area contributed by atoms with Crippen molar-refractivity contribution in [3.05, 3.63) is 176 Å². The first-order valence-corrected chi connectivity index (χ1v) is 22.9. The first kappa shape index (κ1) is 38.1. The van der Waals surface area contributed by atoms with Crippen LogP contribution in [0.4, 0.5) is 0 Å². The van der Waals surface area contributed by atoms with Gasteiger partial charge in [0.15, 0.2) is 0 Å². The Balaban J connectivity index is 0.000000224. The molecule has 0 aliphatic rings. The van der Waals surface area contributed by atoms with Gasteiger partial charge in [-0.05, 0) is 53.3 Å². The summed E-state index contributed by atoms with van der Waals surface area (Å²) in [6.45, 7) is 9.08. The summed E-state index contributed by atoms with van der Waals surface area (Å²) < 4.78 is 15.0. The fraction of sp³-hybridized carbons (Fsp3) is 0.0784. The van der Waals surface area contributed by atoms with Crippen molar-refractivity contribution in [1.29, 1.82) is 0 Å². The van der Waals surface area contributed by atoms with E-state index in [0.717, 1.165) is 94.5 Å². The van der Waals surface area contributed by atoms with Crippen molar-refractivity contribution >= 4 is 68.3 Å². The van der Waals surface area contributed by atoms with E-state index in [1.165, 1.54) is 5.19 Å². The molecule has 6 nitrogen and oxygen atoms in total. The Labute approximate surface area is 356 Å². The maximum atomic E-state index is 6.56. The Morgan fingerprint density at radius 3 is 2.19 bits per heavy atom. The molecule has 0 unspecified atom stereocenters. The maximum absolute atomic E-state index is 6.56. The van der Waals surface area contributed by atoms with E-state index in [2.05, 4.69) is 115 Å². The minimum Gasteiger partial charge on any atom is -0.486 e.